The second kappa shape index (κ2) is 19.4. The summed E-state index contributed by atoms with van der Waals surface area (Å²) in [6.45, 7) is 6.02. The summed E-state index contributed by atoms with van der Waals surface area (Å²) in [5, 5.41) is 20.8. The van der Waals surface area contributed by atoms with Crippen molar-refractivity contribution < 1.29 is 24.2 Å². The fraction of sp³-hybridized carbons (Fsp3) is 0.423. The number of aliphatic carboxylic acids is 1. The molecule has 0 saturated heterocycles. The van der Waals surface area contributed by atoms with E-state index in [0.29, 0.717) is 68.0 Å². The van der Waals surface area contributed by atoms with Crippen molar-refractivity contribution in [2.45, 2.75) is 108 Å². The average molecular weight is 871 g/mol. The van der Waals surface area contributed by atoms with E-state index in [4.69, 9.17) is 21.1 Å². The van der Waals surface area contributed by atoms with Crippen LogP contribution in [0.5, 0.6) is 11.5 Å². The van der Waals surface area contributed by atoms with Crippen LogP contribution in [0.15, 0.2) is 97.3 Å². The van der Waals surface area contributed by atoms with Crippen LogP contribution in [-0.2, 0) is 34.4 Å². The van der Waals surface area contributed by atoms with E-state index in [-0.39, 0.29) is 17.2 Å². The normalized spacial score (nSPS) is 21.8. The Balaban J connectivity index is 0.921. The van der Waals surface area contributed by atoms with Crippen LogP contribution in [-0.4, -0.2) is 52.8 Å². The number of anilines is 2. The Hall–Kier alpha value is -5.61. The molecule has 1 amide bonds. The lowest BCUT2D eigenvalue weighted by Gasteiger charge is -2.47. The smallest absolute Gasteiger partial charge is 0.329 e. The molecule has 1 fully saturated rings. The van der Waals surface area contributed by atoms with Gasteiger partial charge in [-0.1, -0.05) is 55.8 Å². The van der Waals surface area contributed by atoms with Gasteiger partial charge in [-0.05, 0) is 164 Å². The number of carbonyl (C=O) groups is 2. The quantitative estimate of drug-likeness (QED) is 0.0674. The maximum atomic E-state index is 13.1. The predicted molar refractivity (Wildman–Crippen MR) is 250 cm³/mol. The molecule has 0 aliphatic heterocycles. The van der Waals surface area contributed by atoms with E-state index in [9.17, 15) is 14.7 Å². The summed E-state index contributed by atoms with van der Waals surface area (Å²) in [5.41, 5.74) is 7.49. The summed E-state index contributed by atoms with van der Waals surface area (Å²) >= 11 is 6.32. The first kappa shape index (κ1) is 44.0. The molecular formula is C52H60ClN5O5. The van der Waals surface area contributed by atoms with Crippen LogP contribution in [0.25, 0.3) is 11.1 Å². The molecule has 10 nitrogen and oxygen atoms in total. The molecule has 0 radical (unpaired) electrons. The van der Waals surface area contributed by atoms with Crippen LogP contribution in [0.2, 0.25) is 5.02 Å². The van der Waals surface area contributed by atoms with E-state index in [2.05, 4.69) is 64.0 Å². The molecule has 3 aliphatic rings. The Kier molecular flexibility index (Phi) is 13.6. The van der Waals surface area contributed by atoms with E-state index in [1.165, 1.54) is 22.4 Å². The number of hydrogen-bond donors (Lipinski definition) is 4. The fourth-order valence-electron chi connectivity index (χ4n) is 10.5. The van der Waals surface area contributed by atoms with Gasteiger partial charge in [0, 0.05) is 59.9 Å². The van der Waals surface area contributed by atoms with Crippen molar-refractivity contribution in [2.75, 3.05) is 30.9 Å². The van der Waals surface area contributed by atoms with Gasteiger partial charge in [0.05, 0.1) is 13.2 Å². The summed E-state index contributed by atoms with van der Waals surface area (Å²) in [5.74, 6) is 2.72. The molecule has 2 aromatic heterocycles. The average Bonchev–Trinajstić information content (AvgIpc) is 3.58. The van der Waals surface area contributed by atoms with Gasteiger partial charge in [-0.25, -0.2) is 9.78 Å². The van der Waals surface area contributed by atoms with Crippen LogP contribution in [0.1, 0.15) is 106 Å². The van der Waals surface area contributed by atoms with E-state index in [1.54, 1.807) is 12.1 Å². The van der Waals surface area contributed by atoms with Crippen LogP contribution in [0, 0.1) is 11.8 Å². The molecule has 11 heteroatoms. The van der Waals surface area contributed by atoms with Crippen molar-refractivity contribution in [1.29, 1.82) is 0 Å². The Morgan fingerprint density at radius 3 is 2.57 bits per heavy atom. The van der Waals surface area contributed by atoms with Crippen molar-refractivity contribution in [1.82, 2.24) is 15.3 Å². The Bertz CT molecular complexity index is 2400. The zero-order chi connectivity index (χ0) is 44.0. The third kappa shape index (κ3) is 9.96. The molecule has 1 spiro atoms. The highest BCUT2D eigenvalue weighted by Gasteiger charge is 2.54. The first-order chi connectivity index (χ1) is 30.5. The number of nitrogens with zero attached hydrogens (tertiary/aromatic N) is 2. The minimum absolute atomic E-state index is 0.0216. The number of aromatic nitrogens is 2. The number of halogens is 1. The number of ether oxygens (including phenoxy) is 2. The zero-order valence-corrected chi connectivity index (χ0v) is 37.5. The molecule has 0 bridgehead atoms. The largest absolute Gasteiger partial charge is 0.494 e. The van der Waals surface area contributed by atoms with Crippen LogP contribution < -0.4 is 25.4 Å². The van der Waals surface area contributed by atoms with E-state index in [0.717, 1.165) is 79.0 Å². The van der Waals surface area contributed by atoms with Gasteiger partial charge in [0.25, 0.3) is 0 Å². The summed E-state index contributed by atoms with van der Waals surface area (Å²) in [7, 11) is 1.85. The topological polar surface area (TPSA) is 135 Å². The Morgan fingerprint density at radius 2 is 1.79 bits per heavy atom. The molecule has 1 unspecified atom stereocenters. The second-order valence-corrected chi connectivity index (χ2v) is 18.6. The predicted octanol–water partition coefficient (Wildman–Crippen LogP) is 10.8. The number of carboxylic acid groups (broad SMARTS) is 1. The third-order valence-electron chi connectivity index (χ3n) is 13.9. The van der Waals surface area contributed by atoms with Crippen LogP contribution in [0.3, 0.4) is 0 Å². The highest BCUT2D eigenvalue weighted by Crippen LogP contribution is 2.57. The van der Waals surface area contributed by atoms with Crippen molar-refractivity contribution in [2.24, 2.45) is 11.8 Å². The summed E-state index contributed by atoms with van der Waals surface area (Å²) in [6.07, 6.45) is 12.2. The molecule has 330 valence electrons. The second-order valence-electron chi connectivity index (χ2n) is 18.1. The van der Waals surface area contributed by atoms with Gasteiger partial charge in [-0.15, -0.1) is 0 Å². The lowest BCUT2D eigenvalue weighted by molar-refractivity contribution is -0.144. The number of nitrogens with one attached hydrogen (secondary N) is 3. The van der Waals surface area contributed by atoms with Gasteiger partial charge < -0.3 is 30.5 Å². The number of pyridine rings is 2. The van der Waals surface area contributed by atoms with Crippen molar-refractivity contribution in [3.8, 4) is 22.6 Å². The number of rotatable bonds is 17. The molecule has 4 N–H and O–H groups in total. The number of amides is 1. The Labute approximate surface area is 376 Å². The standard InChI is InChI=1S/C52H60ClN5O5/c1-34(33-63-46-19-24-55-45-13-4-8-35(2)49(45)46)26-40-28-38-15-17-43(30-44(38)51(40)20-22-52(23-21-51,50(60)61)58-42-12-6-11-41(53)29-42)62-25-7-14-48(59)57-31-36-9-5-10-37(27-36)39-16-18-47(54-3)56-32-39/h5-6,9-12,15-19,24,27,29-30,32,34-35,40,58H,4,7-8,13-14,20-23,25-26,28,31,33H2,1-3H3,(H,54,56)(H,57,59)(H,60,61)/t34-,35-,40?,51?,52?/m1/s1. The molecule has 8 rings (SSSR count). The molecule has 2 heterocycles. The number of benzene rings is 3. The molecule has 3 aliphatic carbocycles. The molecular weight excluding hydrogens is 810 g/mol. The monoisotopic (exact) mass is 869 g/mol. The summed E-state index contributed by atoms with van der Waals surface area (Å²) in [6, 6.07) is 27.9. The summed E-state index contributed by atoms with van der Waals surface area (Å²) < 4.78 is 13.0. The molecule has 3 aromatic carbocycles. The van der Waals surface area contributed by atoms with E-state index in [1.807, 2.05) is 68.0 Å². The minimum atomic E-state index is -1.11. The highest BCUT2D eigenvalue weighted by atomic mass is 35.5. The maximum Gasteiger partial charge on any atom is 0.329 e. The van der Waals surface area contributed by atoms with Gasteiger partial charge in [0.15, 0.2) is 0 Å². The maximum absolute atomic E-state index is 13.1. The molecule has 3 atom stereocenters. The lowest BCUT2D eigenvalue weighted by Crippen LogP contribution is -2.53. The van der Waals surface area contributed by atoms with Gasteiger partial charge >= 0.3 is 5.97 Å². The lowest BCUT2D eigenvalue weighted by atomic mass is 9.59. The number of carboxylic acids is 1. The molecule has 5 aromatic rings. The van der Waals surface area contributed by atoms with Gasteiger partial charge in [0.2, 0.25) is 5.91 Å². The van der Waals surface area contributed by atoms with Crippen molar-refractivity contribution in [3.63, 3.8) is 0 Å². The van der Waals surface area contributed by atoms with Crippen molar-refractivity contribution >= 4 is 35.0 Å². The van der Waals surface area contributed by atoms with E-state index < -0.39 is 11.5 Å². The summed E-state index contributed by atoms with van der Waals surface area (Å²) in [4.78, 5) is 35.1. The Morgan fingerprint density at radius 1 is 0.952 bits per heavy atom. The van der Waals surface area contributed by atoms with Gasteiger partial charge in [0.1, 0.15) is 22.9 Å². The highest BCUT2D eigenvalue weighted by molar-refractivity contribution is 6.30. The fourth-order valence-corrected chi connectivity index (χ4v) is 10.6. The first-order valence-electron chi connectivity index (χ1n) is 22.7. The third-order valence-corrected chi connectivity index (χ3v) is 14.1. The number of aryl methyl sites for hydroxylation is 1. The van der Waals surface area contributed by atoms with Crippen molar-refractivity contribution in [3.05, 3.63) is 130 Å². The minimum Gasteiger partial charge on any atom is -0.494 e. The van der Waals surface area contributed by atoms with Crippen LogP contribution in [0.4, 0.5) is 11.5 Å². The number of hydrogen-bond acceptors (Lipinski definition) is 8. The SMILES string of the molecule is CNc1ccc(-c2cccc(CNC(=O)CCCOc3ccc4c(c3)C3(CCC(Nc5cccc(Cl)c5)(C(=O)O)CC3)C(C[C@@H](C)COc3ccnc5c3[C@H](C)CCC5)C4)c2)cn1. The molecule has 63 heavy (non-hydrogen) atoms. The zero-order valence-electron chi connectivity index (χ0n) is 36.7. The van der Waals surface area contributed by atoms with E-state index >= 15 is 0 Å². The molecule has 1 saturated carbocycles. The number of carbonyl (C=O) groups excluding carboxylic acids is 1. The first-order valence-corrected chi connectivity index (χ1v) is 23.1. The van der Waals surface area contributed by atoms with Gasteiger partial charge in [-0.3, -0.25) is 9.78 Å². The van der Waals surface area contributed by atoms with Gasteiger partial charge in [-0.2, -0.15) is 0 Å². The number of fused-ring (bicyclic) bond motifs is 3. The van der Waals surface area contributed by atoms with Crippen LogP contribution >= 0.6 is 11.6 Å².